The minimum absolute atomic E-state index is 0. The molecule has 1 aliphatic carbocycles. The second-order valence-corrected chi connectivity index (χ2v) is 6.58. The first-order valence-corrected chi connectivity index (χ1v) is 8.43. The van der Waals surface area contributed by atoms with Crippen LogP contribution >= 0.6 is 12.4 Å². The number of piperidine rings is 1. The van der Waals surface area contributed by atoms with Crippen molar-refractivity contribution < 1.29 is 14.3 Å². The highest BCUT2D eigenvalue weighted by molar-refractivity contribution is 5.85. The van der Waals surface area contributed by atoms with Crippen molar-refractivity contribution in [2.24, 2.45) is 11.3 Å². The van der Waals surface area contributed by atoms with Crippen molar-refractivity contribution in [1.29, 1.82) is 0 Å². The van der Waals surface area contributed by atoms with Gasteiger partial charge >= 0.3 is 0 Å². The van der Waals surface area contributed by atoms with Crippen molar-refractivity contribution in [3.63, 3.8) is 0 Å². The summed E-state index contributed by atoms with van der Waals surface area (Å²) in [6.07, 6.45) is 3.32. The van der Waals surface area contributed by atoms with E-state index in [4.69, 9.17) is 9.47 Å². The van der Waals surface area contributed by atoms with Crippen LogP contribution in [0.3, 0.4) is 0 Å². The van der Waals surface area contributed by atoms with Crippen molar-refractivity contribution in [2.45, 2.75) is 25.8 Å². The van der Waals surface area contributed by atoms with E-state index in [-0.39, 0.29) is 24.2 Å². The largest absolute Gasteiger partial charge is 0.491 e. The molecule has 0 bridgehead atoms. The lowest BCUT2D eigenvalue weighted by Crippen LogP contribution is -2.33. The van der Waals surface area contributed by atoms with Crippen molar-refractivity contribution >= 4 is 18.3 Å². The Labute approximate surface area is 149 Å². The van der Waals surface area contributed by atoms with Crippen LogP contribution in [0.15, 0.2) is 24.3 Å². The Morgan fingerprint density at radius 1 is 1.33 bits per heavy atom. The normalized spacial score (nSPS) is 21.0. The SMILES string of the molecule is COCCOc1cccc(CNC(=O)C2CC23CCNCC3)c1.Cl. The predicted octanol–water partition coefficient (Wildman–Crippen LogP) is 2.14. The van der Waals surface area contributed by atoms with E-state index in [1.807, 2.05) is 24.3 Å². The van der Waals surface area contributed by atoms with Crippen LogP contribution in [-0.4, -0.2) is 39.3 Å². The number of methoxy groups -OCH3 is 1. The van der Waals surface area contributed by atoms with Crippen LogP contribution in [0.5, 0.6) is 5.75 Å². The van der Waals surface area contributed by atoms with Crippen LogP contribution in [0.4, 0.5) is 0 Å². The number of halogens is 1. The van der Waals surface area contributed by atoms with Gasteiger partial charge < -0.3 is 20.1 Å². The van der Waals surface area contributed by atoms with Gasteiger partial charge in [-0.05, 0) is 55.5 Å². The number of hydrogen-bond acceptors (Lipinski definition) is 4. The van der Waals surface area contributed by atoms with E-state index in [0.29, 0.717) is 25.2 Å². The molecule has 1 aromatic carbocycles. The number of ether oxygens (including phenoxy) is 2. The minimum atomic E-state index is 0. The highest BCUT2D eigenvalue weighted by Gasteiger charge is 2.57. The lowest BCUT2D eigenvalue weighted by molar-refractivity contribution is -0.123. The second-order valence-electron chi connectivity index (χ2n) is 6.58. The fourth-order valence-corrected chi connectivity index (χ4v) is 3.50. The fraction of sp³-hybridized carbons (Fsp3) is 0.611. The Kier molecular flexibility index (Phi) is 6.90. The van der Waals surface area contributed by atoms with Crippen LogP contribution in [0.25, 0.3) is 0 Å². The summed E-state index contributed by atoms with van der Waals surface area (Å²) in [5, 5.41) is 6.46. The molecular formula is C18H27ClN2O3. The number of carbonyl (C=O) groups excluding carboxylic acids is 1. The van der Waals surface area contributed by atoms with E-state index >= 15 is 0 Å². The summed E-state index contributed by atoms with van der Waals surface area (Å²) in [5.41, 5.74) is 1.36. The molecule has 1 aliphatic heterocycles. The maximum absolute atomic E-state index is 12.4. The Bertz CT molecular complexity index is 547. The van der Waals surface area contributed by atoms with E-state index < -0.39 is 0 Å². The van der Waals surface area contributed by atoms with Crippen LogP contribution in [-0.2, 0) is 16.1 Å². The van der Waals surface area contributed by atoms with Crippen LogP contribution in [0, 0.1) is 11.3 Å². The monoisotopic (exact) mass is 354 g/mol. The number of nitrogens with one attached hydrogen (secondary N) is 2. The van der Waals surface area contributed by atoms with E-state index in [2.05, 4.69) is 10.6 Å². The summed E-state index contributed by atoms with van der Waals surface area (Å²) >= 11 is 0. The predicted molar refractivity (Wildman–Crippen MR) is 95.6 cm³/mol. The molecule has 5 nitrogen and oxygen atoms in total. The van der Waals surface area contributed by atoms with Gasteiger partial charge in [-0.2, -0.15) is 0 Å². The molecule has 2 N–H and O–H groups in total. The van der Waals surface area contributed by atoms with Crippen molar-refractivity contribution in [2.75, 3.05) is 33.4 Å². The lowest BCUT2D eigenvalue weighted by Gasteiger charge is -2.23. The first-order chi connectivity index (χ1) is 11.2. The topological polar surface area (TPSA) is 59.6 Å². The molecule has 1 amide bonds. The maximum atomic E-state index is 12.4. The van der Waals surface area contributed by atoms with Gasteiger partial charge in [0.05, 0.1) is 6.61 Å². The molecule has 134 valence electrons. The third-order valence-electron chi connectivity index (χ3n) is 5.03. The van der Waals surface area contributed by atoms with Gasteiger partial charge in [0, 0.05) is 19.6 Å². The number of hydrogen-bond donors (Lipinski definition) is 2. The van der Waals surface area contributed by atoms with Crippen molar-refractivity contribution in [1.82, 2.24) is 10.6 Å². The molecule has 0 aromatic heterocycles. The van der Waals surface area contributed by atoms with E-state index in [0.717, 1.165) is 43.7 Å². The highest BCUT2D eigenvalue weighted by atomic mass is 35.5. The van der Waals surface area contributed by atoms with Gasteiger partial charge in [-0.25, -0.2) is 0 Å². The Hall–Kier alpha value is -1.30. The molecule has 1 spiro atoms. The summed E-state index contributed by atoms with van der Waals surface area (Å²) in [5.74, 6) is 1.23. The Morgan fingerprint density at radius 2 is 2.12 bits per heavy atom. The Balaban J connectivity index is 0.00000208. The number of rotatable bonds is 7. The van der Waals surface area contributed by atoms with Gasteiger partial charge in [0.2, 0.25) is 5.91 Å². The number of benzene rings is 1. The lowest BCUT2D eigenvalue weighted by atomic mass is 9.92. The zero-order valence-electron chi connectivity index (χ0n) is 14.2. The van der Waals surface area contributed by atoms with E-state index in [1.54, 1.807) is 7.11 Å². The molecule has 1 atom stereocenters. The maximum Gasteiger partial charge on any atom is 0.223 e. The van der Waals surface area contributed by atoms with Crippen LogP contribution in [0.1, 0.15) is 24.8 Å². The molecule has 3 rings (SSSR count). The first-order valence-electron chi connectivity index (χ1n) is 8.43. The molecule has 1 saturated heterocycles. The van der Waals surface area contributed by atoms with Gasteiger partial charge in [-0.15, -0.1) is 12.4 Å². The third-order valence-corrected chi connectivity index (χ3v) is 5.03. The molecule has 1 heterocycles. The number of carbonyl (C=O) groups is 1. The summed E-state index contributed by atoms with van der Waals surface area (Å²) in [6.45, 7) is 3.75. The molecule has 1 aromatic rings. The first kappa shape index (κ1) is 19.0. The summed E-state index contributed by atoms with van der Waals surface area (Å²) in [7, 11) is 1.66. The summed E-state index contributed by atoms with van der Waals surface area (Å²) in [4.78, 5) is 12.4. The van der Waals surface area contributed by atoms with Gasteiger partial charge in [-0.3, -0.25) is 4.79 Å². The average Bonchev–Trinajstić information content (AvgIpc) is 3.27. The molecule has 6 heteroatoms. The van der Waals surface area contributed by atoms with E-state index in [1.165, 1.54) is 0 Å². The highest BCUT2D eigenvalue weighted by Crippen LogP contribution is 2.58. The minimum Gasteiger partial charge on any atom is -0.491 e. The summed E-state index contributed by atoms with van der Waals surface area (Å²) in [6, 6.07) is 7.86. The van der Waals surface area contributed by atoms with Gasteiger partial charge in [0.25, 0.3) is 0 Å². The second kappa shape index (κ2) is 8.70. The quantitative estimate of drug-likeness (QED) is 0.736. The average molecular weight is 355 g/mol. The van der Waals surface area contributed by atoms with Crippen molar-refractivity contribution in [3.05, 3.63) is 29.8 Å². The molecule has 0 radical (unpaired) electrons. The molecule has 1 saturated carbocycles. The van der Waals surface area contributed by atoms with Crippen molar-refractivity contribution in [3.8, 4) is 5.75 Å². The fourth-order valence-electron chi connectivity index (χ4n) is 3.50. The molecule has 2 fully saturated rings. The molecular weight excluding hydrogens is 328 g/mol. The summed E-state index contributed by atoms with van der Waals surface area (Å²) < 4.78 is 10.6. The smallest absolute Gasteiger partial charge is 0.223 e. The standard InChI is InChI=1S/C18H26N2O3.ClH/c1-22-9-10-23-15-4-2-3-14(11-15)13-20-17(21)16-12-18(16)5-7-19-8-6-18;/h2-4,11,16,19H,5-10,12-13H2,1H3,(H,20,21);1H. The van der Waals surface area contributed by atoms with Gasteiger partial charge in [0.1, 0.15) is 12.4 Å². The zero-order valence-corrected chi connectivity index (χ0v) is 15.0. The van der Waals surface area contributed by atoms with Crippen LogP contribution < -0.4 is 15.4 Å². The zero-order chi connectivity index (χ0) is 16.1. The Morgan fingerprint density at radius 3 is 2.88 bits per heavy atom. The molecule has 1 unspecified atom stereocenters. The molecule has 2 aliphatic rings. The van der Waals surface area contributed by atoms with E-state index in [9.17, 15) is 4.79 Å². The van der Waals surface area contributed by atoms with Gasteiger partial charge in [-0.1, -0.05) is 12.1 Å². The number of amides is 1. The molecule has 24 heavy (non-hydrogen) atoms. The van der Waals surface area contributed by atoms with Gasteiger partial charge in [0.15, 0.2) is 0 Å². The third kappa shape index (κ3) is 4.62. The van der Waals surface area contributed by atoms with Crippen LogP contribution in [0.2, 0.25) is 0 Å².